The Labute approximate surface area is 67.0 Å². The molecule has 0 aliphatic heterocycles. The monoisotopic (exact) mass is 176 g/mol. The second kappa shape index (κ2) is 2.94. The van der Waals surface area contributed by atoms with Crippen molar-refractivity contribution in [2.24, 2.45) is 0 Å². The highest BCUT2D eigenvalue weighted by atomic mass is 35.5. The summed E-state index contributed by atoms with van der Waals surface area (Å²) in [4.78, 5) is 10.4. The van der Waals surface area contributed by atoms with Gasteiger partial charge in [-0.1, -0.05) is 11.6 Å². The fourth-order valence-corrected chi connectivity index (χ4v) is 0.622. The van der Waals surface area contributed by atoms with Crippen LogP contribution in [0.2, 0.25) is 5.15 Å². The smallest absolute Gasteiger partial charge is 0.272 e. The average Bonchev–Trinajstić information content (AvgIpc) is 1.88. The maximum atomic E-state index is 10.4. The molecule has 0 fully saturated rings. The molecule has 0 atom stereocenters. The Hall–Kier alpha value is -0.670. The predicted octanol–water partition coefficient (Wildman–Crippen LogP) is 1.51. The third kappa shape index (κ3) is 1.65. The predicted molar refractivity (Wildman–Crippen MR) is 37.2 cm³/mol. The van der Waals surface area contributed by atoms with E-state index in [0.717, 1.165) is 0 Å². The molecule has 0 N–H and O–H groups in total. The minimum atomic E-state index is -0.635. The lowest BCUT2D eigenvalue weighted by Crippen LogP contribution is -1.94. The molecule has 52 valence electrons. The van der Waals surface area contributed by atoms with Crippen LogP contribution in [0.15, 0.2) is 12.1 Å². The zero-order valence-electron chi connectivity index (χ0n) is 4.71. The Bertz CT molecular complexity index is 246. The number of rotatable bonds is 1. The lowest BCUT2D eigenvalue weighted by molar-refractivity contribution is 0.107. The van der Waals surface area contributed by atoms with Gasteiger partial charge in [-0.05, 0) is 23.7 Å². The van der Waals surface area contributed by atoms with Crippen molar-refractivity contribution < 1.29 is 4.79 Å². The maximum Gasteiger partial charge on any atom is 0.272 e. The fraction of sp³-hybridized carbons (Fsp3) is 0. The van der Waals surface area contributed by atoms with E-state index >= 15 is 0 Å². The van der Waals surface area contributed by atoms with Crippen LogP contribution < -0.4 is 0 Å². The van der Waals surface area contributed by atoms with Crippen LogP contribution in [-0.2, 0) is 0 Å². The summed E-state index contributed by atoms with van der Waals surface area (Å²) < 4.78 is 0. The SMILES string of the molecule is O=C(Cl)c1ccc(Cl)nn1. The van der Waals surface area contributed by atoms with Gasteiger partial charge in [0, 0.05) is 0 Å². The lowest BCUT2D eigenvalue weighted by atomic mass is 10.4. The van der Waals surface area contributed by atoms with E-state index in [4.69, 9.17) is 23.2 Å². The number of halogens is 2. The number of hydrogen-bond acceptors (Lipinski definition) is 3. The first kappa shape index (κ1) is 7.44. The van der Waals surface area contributed by atoms with E-state index < -0.39 is 5.24 Å². The normalized spacial score (nSPS) is 9.40. The van der Waals surface area contributed by atoms with Crippen molar-refractivity contribution in [2.45, 2.75) is 0 Å². The molecule has 1 heterocycles. The Morgan fingerprint density at radius 1 is 1.40 bits per heavy atom. The van der Waals surface area contributed by atoms with Crippen LogP contribution in [0.1, 0.15) is 10.5 Å². The summed E-state index contributed by atoms with van der Waals surface area (Å²) in [7, 11) is 0. The number of hydrogen-bond donors (Lipinski definition) is 0. The molecule has 5 heteroatoms. The van der Waals surface area contributed by atoms with Crippen molar-refractivity contribution in [3.05, 3.63) is 23.0 Å². The van der Waals surface area contributed by atoms with E-state index in [9.17, 15) is 4.79 Å². The molecule has 0 aliphatic rings. The Morgan fingerprint density at radius 2 is 2.10 bits per heavy atom. The maximum absolute atomic E-state index is 10.4. The molecule has 0 radical (unpaired) electrons. The molecule has 0 saturated heterocycles. The highest BCUT2D eigenvalue weighted by Crippen LogP contribution is 2.03. The highest BCUT2D eigenvalue weighted by Gasteiger charge is 2.01. The minimum Gasteiger partial charge on any atom is -0.274 e. The first-order valence-electron chi connectivity index (χ1n) is 2.39. The van der Waals surface area contributed by atoms with E-state index in [2.05, 4.69) is 10.2 Å². The van der Waals surface area contributed by atoms with E-state index in [0.29, 0.717) is 0 Å². The number of carbonyl (C=O) groups excluding carboxylic acids is 1. The van der Waals surface area contributed by atoms with Crippen molar-refractivity contribution >= 4 is 28.4 Å². The Kier molecular flexibility index (Phi) is 2.19. The summed E-state index contributed by atoms with van der Waals surface area (Å²) in [5.41, 5.74) is 0.103. The van der Waals surface area contributed by atoms with Gasteiger partial charge in [-0.3, -0.25) is 4.79 Å². The fourth-order valence-electron chi connectivity index (χ4n) is 0.421. The second-order valence-electron chi connectivity index (χ2n) is 1.52. The standard InChI is InChI=1S/C5H2Cl2N2O/c6-4-2-1-3(5(7)10)8-9-4/h1-2H. The molecule has 0 saturated carbocycles. The molecular weight excluding hydrogens is 175 g/mol. The van der Waals surface area contributed by atoms with Gasteiger partial charge in [-0.2, -0.15) is 0 Å². The Balaban J connectivity index is 3.00. The molecule has 0 aromatic carbocycles. The molecule has 0 amide bonds. The van der Waals surface area contributed by atoms with Crippen molar-refractivity contribution in [1.82, 2.24) is 10.2 Å². The summed E-state index contributed by atoms with van der Waals surface area (Å²) in [6.45, 7) is 0. The van der Waals surface area contributed by atoms with Crippen molar-refractivity contribution in [3.8, 4) is 0 Å². The molecule has 0 spiro atoms. The molecule has 0 aliphatic carbocycles. The van der Waals surface area contributed by atoms with E-state index in [1.54, 1.807) is 0 Å². The molecule has 0 bridgehead atoms. The van der Waals surface area contributed by atoms with Gasteiger partial charge in [0.1, 0.15) is 5.69 Å². The van der Waals surface area contributed by atoms with Crippen LogP contribution in [-0.4, -0.2) is 15.4 Å². The molecule has 1 aromatic heterocycles. The van der Waals surface area contributed by atoms with Crippen LogP contribution in [0.25, 0.3) is 0 Å². The summed E-state index contributed by atoms with van der Waals surface area (Å²) >= 11 is 10.5. The van der Waals surface area contributed by atoms with Gasteiger partial charge in [0.05, 0.1) is 0 Å². The van der Waals surface area contributed by atoms with Gasteiger partial charge in [0.15, 0.2) is 5.15 Å². The van der Waals surface area contributed by atoms with Crippen LogP contribution in [0.3, 0.4) is 0 Å². The van der Waals surface area contributed by atoms with Crippen LogP contribution in [0, 0.1) is 0 Å². The minimum absolute atomic E-state index is 0.103. The third-order valence-corrected chi connectivity index (χ3v) is 1.23. The molecule has 0 unspecified atom stereocenters. The van der Waals surface area contributed by atoms with Crippen LogP contribution in [0.4, 0.5) is 0 Å². The molecule has 1 rings (SSSR count). The number of carbonyl (C=O) groups is 1. The third-order valence-electron chi connectivity index (χ3n) is 0.833. The van der Waals surface area contributed by atoms with Crippen LogP contribution >= 0.6 is 23.2 Å². The summed E-state index contributed by atoms with van der Waals surface area (Å²) in [6.07, 6.45) is 0. The van der Waals surface area contributed by atoms with Crippen molar-refractivity contribution in [2.75, 3.05) is 0 Å². The first-order chi connectivity index (χ1) is 4.70. The molecule has 3 nitrogen and oxygen atoms in total. The van der Waals surface area contributed by atoms with Gasteiger partial charge >= 0.3 is 0 Å². The second-order valence-corrected chi connectivity index (χ2v) is 2.25. The lowest BCUT2D eigenvalue weighted by Gasteiger charge is -1.88. The molecule has 1 aromatic rings. The Morgan fingerprint density at radius 3 is 2.50 bits per heavy atom. The highest BCUT2D eigenvalue weighted by molar-refractivity contribution is 6.67. The number of nitrogens with zero attached hydrogens (tertiary/aromatic N) is 2. The van der Waals surface area contributed by atoms with Crippen molar-refractivity contribution in [3.63, 3.8) is 0 Å². The average molecular weight is 177 g/mol. The van der Waals surface area contributed by atoms with Gasteiger partial charge < -0.3 is 0 Å². The topological polar surface area (TPSA) is 42.9 Å². The summed E-state index contributed by atoms with van der Waals surface area (Å²) in [5.74, 6) is 0. The molecular formula is C5H2Cl2N2O. The molecule has 10 heavy (non-hydrogen) atoms. The largest absolute Gasteiger partial charge is 0.274 e. The van der Waals surface area contributed by atoms with Crippen molar-refractivity contribution in [1.29, 1.82) is 0 Å². The number of aromatic nitrogens is 2. The quantitative estimate of drug-likeness (QED) is 0.610. The van der Waals surface area contributed by atoms with Gasteiger partial charge in [-0.15, -0.1) is 10.2 Å². The van der Waals surface area contributed by atoms with E-state index in [1.807, 2.05) is 0 Å². The van der Waals surface area contributed by atoms with Crippen LogP contribution in [0.5, 0.6) is 0 Å². The zero-order chi connectivity index (χ0) is 7.56. The van der Waals surface area contributed by atoms with Gasteiger partial charge in [0.25, 0.3) is 5.24 Å². The zero-order valence-corrected chi connectivity index (χ0v) is 6.23. The summed E-state index contributed by atoms with van der Waals surface area (Å²) in [6, 6.07) is 2.86. The summed E-state index contributed by atoms with van der Waals surface area (Å²) in [5, 5.41) is 6.43. The van der Waals surface area contributed by atoms with Gasteiger partial charge in [0.2, 0.25) is 0 Å². The van der Waals surface area contributed by atoms with Gasteiger partial charge in [-0.25, -0.2) is 0 Å². The first-order valence-corrected chi connectivity index (χ1v) is 3.15. The van der Waals surface area contributed by atoms with E-state index in [-0.39, 0.29) is 10.8 Å². The van der Waals surface area contributed by atoms with E-state index in [1.165, 1.54) is 12.1 Å².